The van der Waals surface area contributed by atoms with E-state index in [-0.39, 0.29) is 17.8 Å². The fourth-order valence-electron chi connectivity index (χ4n) is 2.71. The van der Waals surface area contributed by atoms with Crippen LogP contribution in [0.15, 0.2) is 48.7 Å². The standard InChI is InChI=1S/C18H13F4N3O2/c1-24-10-15(18(20,21)22)23-17(24)12-7-5-11(6-8-12)9-13-3-2-4-14(16(13)19)25(26)27/h2-8,10H,9H2,1H3. The molecule has 5 nitrogen and oxygen atoms in total. The van der Waals surface area contributed by atoms with E-state index >= 15 is 0 Å². The maximum Gasteiger partial charge on any atom is 0.434 e. The number of imidazole rings is 1. The van der Waals surface area contributed by atoms with Gasteiger partial charge in [0.1, 0.15) is 5.82 Å². The quantitative estimate of drug-likeness (QED) is 0.374. The molecule has 0 fully saturated rings. The first-order chi connectivity index (χ1) is 12.7. The highest BCUT2D eigenvalue weighted by molar-refractivity contribution is 5.57. The van der Waals surface area contributed by atoms with Gasteiger partial charge < -0.3 is 4.57 Å². The van der Waals surface area contributed by atoms with Crippen molar-refractivity contribution in [2.45, 2.75) is 12.6 Å². The molecular formula is C18H13F4N3O2. The monoisotopic (exact) mass is 379 g/mol. The average molecular weight is 379 g/mol. The smallest absolute Gasteiger partial charge is 0.333 e. The van der Waals surface area contributed by atoms with Crippen LogP contribution in [0.2, 0.25) is 0 Å². The van der Waals surface area contributed by atoms with Gasteiger partial charge in [0, 0.05) is 31.3 Å². The van der Waals surface area contributed by atoms with Gasteiger partial charge in [-0.15, -0.1) is 0 Å². The molecule has 9 heteroatoms. The lowest BCUT2D eigenvalue weighted by Gasteiger charge is -2.06. The van der Waals surface area contributed by atoms with Crippen LogP contribution in [0.5, 0.6) is 0 Å². The molecule has 0 radical (unpaired) electrons. The molecule has 0 unspecified atom stereocenters. The lowest BCUT2D eigenvalue weighted by Crippen LogP contribution is -2.04. The number of hydrogen-bond donors (Lipinski definition) is 0. The second-order valence-electron chi connectivity index (χ2n) is 5.94. The molecule has 0 spiro atoms. The van der Waals surface area contributed by atoms with Crippen LogP contribution in [0.1, 0.15) is 16.8 Å². The first kappa shape index (κ1) is 18.6. The minimum absolute atomic E-state index is 0.113. The Morgan fingerprint density at radius 2 is 1.81 bits per heavy atom. The van der Waals surface area contributed by atoms with Gasteiger partial charge in [0.25, 0.3) is 0 Å². The number of aromatic nitrogens is 2. The number of benzene rings is 2. The fourth-order valence-corrected chi connectivity index (χ4v) is 2.71. The van der Waals surface area contributed by atoms with E-state index in [0.29, 0.717) is 11.1 Å². The zero-order valence-electron chi connectivity index (χ0n) is 14.0. The Hall–Kier alpha value is -3.23. The Bertz CT molecular complexity index is 995. The van der Waals surface area contributed by atoms with Gasteiger partial charge in [0.15, 0.2) is 5.69 Å². The highest BCUT2D eigenvalue weighted by Gasteiger charge is 2.34. The zero-order valence-corrected chi connectivity index (χ0v) is 14.0. The molecule has 0 aliphatic heterocycles. The number of halogens is 4. The third-order valence-corrected chi connectivity index (χ3v) is 4.03. The molecule has 0 N–H and O–H groups in total. The van der Waals surface area contributed by atoms with Crippen LogP contribution in [0.3, 0.4) is 0 Å². The summed E-state index contributed by atoms with van der Waals surface area (Å²) >= 11 is 0. The van der Waals surface area contributed by atoms with E-state index in [1.165, 1.54) is 23.7 Å². The second kappa shape index (κ2) is 6.82. The van der Waals surface area contributed by atoms with Gasteiger partial charge in [-0.2, -0.15) is 17.6 Å². The van der Waals surface area contributed by atoms with Gasteiger partial charge in [-0.3, -0.25) is 10.1 Å². The number of alkyl halides is 3. The fraction of sp³-hybridized carbons (Fsp3) is 0.167. The lowest BCUT2D eigenvalue weighted by molar-refractivity contribution is -0.387. The van der Waals surface area contributed by atoms with Crippen molar-refractivity contribution in [2.75, 3.05) is 0 Å². The van der Waals surface area contributed by atoms with E-state index in [1.807, 2.05) is 0 Å². The van der Waals surface area contributed by atoms with E-state index < -0.39 is 28.3 Å². The van der Waals surface area contributed by atoms with Crippen molar-refractivity contribution in [1.29, 1.82) is 0 Å². The highest BCUT2D eigenvalue weighted by Crippen LogP contribution is 2.31. The molecule has 3 rings (SSSR count). The number of nitro groups is 1. The molecule has 3 aromatic rings. The molecule has 2 aromatic carbocycles. The molecule has 27 heavy (non-hydrogen) atoms. The minimum atomic E-state index is -4.53. The van der Waals surface area contributed by atoms with Crippen molar-refractivity contribution in [3.8, 4) is 11.4 Å². The van der Waals surface area contributed by atoms with Gasteiger partial charge in [-0.1, -0.05) is 36.4 Å². The summed E-state index contributed by atoms with van der Waals surface area (Å²) in [4.78, 5) is 13.6. The molecule has 0 aliphatic carbocycles. The molecule has 1 heterocycles. The Morgan fingerprint density at radius 1 is 1.15 bits per heavy atom. The van der Waals surface area contributed by atoms with E-state index in [9.17, 15) is 27.7 Å². The topological polar surface area (TPSA) is 61.0 Å². The Balaban J connectivity index is 1.86. The second-order valence-corrected chi connectivity index (χ2v) is 5.94. The van der Waals surface area contributed by atoms with Crippen LogP contribution >= 0.6 is 0 Å². The number of rotatable bonds is 4. The predicted octanol–water partition coefficient (Wildman–Crippen LogP) is 4.74. The van der Waals surface area contributed by atoms with Crippen LogP contribution in [0.4, 0.5) is 23.2 Å². The summed E-state index contributed by atoms with van der Waals surface area (Å²) in [5.74, 6) is -0.749. The molecule has 0 saturated heterocycles. The van der Waals surface area contributed by atoms with Crippen molar-refractivity contribution < 1.29 is 22.5 Å². The first-order valence-corrected chi connectivity index (χ1v) is 7.78. The third kappa shape index (κ3) is 3.81. The van der Waals surface area contributed by atoms with E-state index in [1.54, 1.807) is 24.3 Å². The molecular weight excluding hydrogens is 366 g/mol. The predicted molar refractivity (Wildman–Crippen MR) is 89.5 cm³/mol. The van der Waals surface area contributed by atoms with Crippen LogP contribution in [0, 0.1) is 15.9 Å². The summed E-state index contributed by atoms with van der Waals surface area (Å²) in [6, 6.07) is 10.3. The van der Waals surface area contributed by atoms with Crippen LogP contribution in [-0.4, -0.2) is 14.5 Å². The van der Waals surface area contributed by atoms with Crippen LogP contribution < -0.4 is 0 Å². The minimum Gasteiger partial charge on any atom is -0.333 e. The largest absolute Gasteiger partial charge is 0.434 e. The van der Waals surface area contributed by atoms with E-state index in [2.05, 4.69) is 4.98 Å². The summed E-state index contributed by atoms with van der Waals surface area (Å²) in [6.45, 7) is 0. The summed E-state index contributed by atoms with van der Waals surface area (Å²) in [5, 5.41) is 10.8. The van der Waals surface area contributed by atoms with Crippen LogP contribution in [-0.2, 0) is 19.6 Å². The van der Waals surface area contributed by atoms with Crippen LogP contribution in [0.25, 0.3) is 11.4 Å². The molecule has 0 atom stereocenters. The summed E-state index contributed by atoms with van der Waals surface area (Å²) in [7, 11) is 1.46. The van der Waals surface area contributed by atoms with Crippen molar-refractivity contribution in [1.82, 2.24) is 9.55 Å². The molecule has 0 bridgehead atoms. The van der Waals surface area contributed by atoms with Gasteiger partial charge in [-0.25, -0.2) is 4.98 Å². The number of nitro benzene ring substituents is 1. The van der Waals surface area contributed by atoms with E-state index in [4.69, 9.17) is 0 Å². The molecule has 0 saturated carbocycles. The number of aryl methyl sites for hydroxylation is 1. The first-order valence-electron chi connectivity index (χ1n) is 7.78. The number of hydrogen-bond acceptors (Lipinski definition) is 3. The SMILES string of the molecule is Cn1cc(C(F)(F)F)nc1-c1ccc(Cc2cccc([N+](=O)[O-])c2F)cc1. The van der Waals surface area contributed by atoms with Crippen molar-refractivity contribution in [2.24, 2.45) is 7.05 Å². The normalized spacial score (nSPS) is 11.6. The van der Waals surface area contributed by atoms with Crippen molar-refractivity contribution in [3.63, 3.8) is 0 Å². The summed E-state index contributed by atoms with van der Waals surface area (Å²) in [6.07, 6.45) is -3.51. The van der Waals surface area contributed by atoms with Crippen molar-refractivity contribution in [3.05, 3.63) is 81.4 Å². The molecule has 140 valence electrons. The Kier molecular flexibility index (Phi) is 4.69. The molecule has 0 aliphatic rings. The van der Waals surface area contributed by atoms with E-state index in [0.717, 1.165) is 12.3 Å². The maximum atomic E-state index is 14.2. The van der Waals surface area contributed by atoms with Gasteiger partial charge in [0.2, 0.25) is 5.82 Å². The molecule has 0 amide bonds. The summed E-state index contributed by atoms with van der Waals surface area (Å²) in [5.41, 5.74) is -0.299. The third-order valence-electron chi connectivity index (χ3n) is 4.03. The van der Waals surface area contributed by atoms with Gasteiger partial charge >= 0.3 is 11.9 Å². The van der Waals surface area contributed by atoms with Crippen molar-refractivity contribution >= 4 is 5.69 Å². The maximum absolute atomic E-state index is 14.2. The Morgan fingerprint density at radius 3 is 2.37 bits per heavy atom. The zero-order chi connectivity index (χ0) is 19.8. The Labute approximate surface area is 151 Å². The summed E-state index contributed by atoms with van der Waals surface area (Å²) < 4.78 is 53.7. The number of nitrogens with zero attached hydrogens (tertiary/aromatic N) is 3. The molecule has 1 aromatic heterocycles. The lowest BCUT2D eigenvalue weighted by atomic mass is 10.0. The highest BCUT2D eigenvalue weighted by atomic mass is 19.4. The average Bonchev–Trinajstić information content (AvgIpc) is 2.99. The van der Waals surface area contributed by atoms with Gasteiger partial charge in [0.05, 0.1) is 4.92 Å². The van der Waals surface area contributed by atoms with Gasteiger partial charge in [-0.05, 0) is 11.1 Å².